The second kappa shape index (κ2) is 9.24. The standard InChI is InChI=1S/C20H21N5O2S/c1-15(2)13-25-19(17-9-6-12-27-17)22-23-20(25)28-14-18(26)24(11-10-21)16-7-4-3-5-8-16/h3-9,12,15H,11,13-14H2,1-2H3. The van der Waals surface area contributed by atoms with E-state index in [0.717, 1.165) is 0 Å². The highest BCUT2D eigenvalue weighted by Crippen LogP contribution is 2.26. The Balaban J connectivity index is 1.78. The van der Waals surface area contributed by atoms with Gasteiger partial charge in [-0.05, 0) is 30.2 Å². The van der Waals surface area contributed by atoms with E-state index in [2.05, 4.69) is 30.1 Å². The lowest BCUT2D eigenvalue weighted by molar-refractivity contribution is -0.116. The number of rotatable bonds is 8. The van der Waals surface area contributed by atoms with Gasteiger partial charge in [0.2, 0.25) is 5.91 Å². The minimum Gasteiger partial charge on any atom is -0.461 e. The molecule has 0 aliphatic rings. The van der Waals surface area contributed by atoms with E-state index in [-0.39, 0.29) is 18.2 Å². The molecule has 1 amide bonds. The summed E-state index contributed by atoms with van der Waals surface area (Å²) in [5.41, 5.74) is 0.703. The zero-order chi connectivity index (χ0) is 19.9. The number of carbonyl (C=O) groups excluding carboxylic acids is 1. The molecular formula is C20H21N5O2S. The Bertz CT molecular complexity index is 945. The van der Waals surface area contributed by atoms with Gasteiger partial charge in [-0.25, -0.2) is 0 Å². The number of hydrogen-bond donors (Lipinski definition) is 0. The Labute approximate surface area is 168 Å². The number of para-hydroxylation sites is 1. The van der Waals surface area contributed by atoms with Crippen molar-refractivity contribution in [3.8, 4) is 17.7 Å². The van der Waals surface area contributed by atoms with Gasteiger partial charge in [0.15, 0.2) is 16.7 Å². The number of anilines is 1. The lowest BCUT2D eigenvalue weighted by Gasteiger charge is -2.19. The number of benzene rings is 1. The number of thioether (sulfide) groups is 1. The van der Waals surface area contributed by atoms with Crippen molar-refractivity contribution in [1.29, 1.82) is 5.26 Å². The van der Waals surface area contributed by atoms with Crippen molar-refractivity contribution < 1.29 is 9.21 Å². The molecule has 0 saturated heterocycles. The summed E-state index contributed by atoms with van der Waals surface area (Å²) >= 11 is 1.31. The molecule has 2 heterocycles. The van der Waals surface area contributed by atoms with Crippen molar-refractivity contribution in [1.82, 2.24) is 14.8 Å². The Hall–Kier alpha value is -3.05. The van der Waals surface area contributed by atoms with Gasteiger partial charge in [0, 0.05) is 12.2 Å². The fourth-order valence-electron chi connectivity index (χ4n) is 2.72. The summed E-state index contributed by atoms with van der Waals surface area (Å²) in [5.74, 6) is 1.66. The van der Waals surface area contributed by atoms with E-state index < -0.39 is 0 Å². The Kier molecular flexibility index (Phi) is 6.50. The molecule has 7 nitrogen and oxygen atoms in total. The lowest BCUT2D eigenvalue weighted by Crippen LogP contribution is -2.32. The fourth-order valence-corrected chi connectivity index (χ4v) is 3.54. The van der Waals surface area contributed by atoms with Crippen LogP contribution < -0.4 is 4.90 Å². The van der Waals surface area contributed by atoms with E-state index in [0.29, 0.717) is 34.9 Å². The zero-order valence-electron chi connectivity index (χ0n) is 15.8. The molecule has 0 atom stereocenters. The predicted octanol–water partition coefficient (Wildman–Crippen LogP) is 3.84. The molecule has 28 heavy (non-hydrogen) atoms. The van der Waals surface area contributed by atoms with E-state index in [1.807, 2.05) is 41.0 Å². The van der Waals surface area contributed by atoms with Crippen LogP contribution in [0.4, 0.5) is 5.69 Å². The Morgan fingerprint density at radius 3 is 2.68 bits per heavy atom. The smallest absolute Gasteiger partial charge is 0.238 e. The van der Waals surface area contributed by atoms with Gasteiger partial charge in [-0.1, -0.05) is 43.8 Å². The molecule has 0 radical (unpaired) electrons. The van der Waals surface area contributed by atoms with Crippen LogP contribution >= 0.6 is 11.8 Å². The van der Waals surface area contributed by atoms with Gasteiger partial charge in [-0.3, -0.25) is 14.3 Å². The van der Waals surface area contributed by atoms with Crippen LogP contribution in [0.5, 0.6) is 0 Å². The Morgan fingerprint density at radius 1 is 1.25 bits per heavy atom. The van der Waals surface area contributed by atoms with E-state index in [4.69, 9.17) is 9.68 Å². The highest BCUT2D eigenvalue weighted by atomic mass is 32.2. The van der Waals surface area contributed by atoms with E-state index >= 15 is 0 Å². The monoisotopic (exact) mass is 395 g/mol. The fraction of sp³-hybridized carbons (Fsp3) is 0.300. The molecule has 0 saturated carbocycles. The number of aromatic nitrogens is 3. The average molecular weight is 395 g/mol. The van der Waals surface area contributed by atoms with Crippen molar-refractivity contribution in [2.75, 3.05) is 17.2 Å². The van der Waals surface area contributed by atoms with Gasteiger partial charge in [0.1, 0.15) is 6.54 Å². The summed E-state index contributed by atoms with van der Waals surface area (Å²) in [6.45, 7) is 4.92. The minimum absolute atomic E-state index is 0.000261. The van der Waals surface area contributed by atoms with E-state index in [1.54, 1.807) is 12.3 Å². The van der Waals surface area contributed by atoms with Crippen LogP contribution in [0.3, 0.4) is 0 Å². The first-order chi connectivity index (χ1) is 13.6. The van der Waals surface area contributed by atoms with Crippen LogP contribution in [0.1, 0.15) is 13.8 Å². The van der Waals surface area contributed by atoms with Crippen LogP contribution in [0.2, 0.25) is 0 Å². The lowest BCUT2D eigenvalue weighted by atomic mass is 10.2. The largest absolute Gasteiger partial charge is 0.461 e. The third-order valence-corrected chi connectivity index (χ3v) is 4.88. The Morgan fingerprint density at radius 2 is 2.04 bits per heavy atom. The third kappa shape index (κ3) is 4.61. The number of amides is 1. The number of nitrogens with zero attached hydrogens (tertiary/aromatic N) is 5. The van der Waals surface area contributed by atoms with Crippen LogP contribution in [0.25, 0.3) is 11.6 Å². The van der Waals surface area contributed by atoms with Crippen molar-refractivity contribution in [2.24, 2.45) is 5.92 Å². The molecule has 0 unspecified atom stereocenters. The summed E-state index contributed by atoms with van der Waals surface area (Å²) in [5, 5.41) is 18.3. The van der Waals surface area contributed by atoms with E-state index in [1.165, 1.54) is 16.7 Å². The van der Waals surface area contributed by atoms with Crippen molar-refractivity contribution in [2.45, 2.75) is 25.5 Å². The first kappa shape index (κ1) is 19.7. The summed E-state index contributed by atoms with van der Waals surface area (Å²) in [6.07, 6.45) is 1.60. The summed E-state index contributed by atoms with van der Waals surface area (Å²) in [6, 6.07) is 14.9. The normalized spacial score (nSPS) is 10.8. The minimum atomic E-state index is -0.156. The third-order valence-electron chi connectivity index (χ3n) is 3.93. The molecule has 3 aromatic rings. The van der Waals surface area contributed by atoms with Crippen LogP contribution in [0.15, 0.2) is 58.3 Å². The SMILES string of the molecule is CC(C)Cn1c(SCC(=O)N(CC#N)c2ccccc2)nnc1-c1ccco1. The van der Waals surface area contributed by atoms with Gasteiger partial charge >= 0.3 is 0 Å². The maximum absolute atomic E-state index is 12.8. The zero-order valence-corrected chi connectivity index (χ0v) is 16.6. The average Bonchev–Trinajstić information content (AvgIpc) is 3.34. The quantitative estimate of drug-likeness (QED) is 0.425. The topological polar surface area (TPSA) is 88.0 Å². The number of hydrogen-bond acceptors (Lipinski definition) is 6. The first-order valence-electron chi connectivity index (χ1n) is 8.92. The maximum atomic E-state index is 12.8. The molecule has 8 heteroatoms. The van der Waals surface area contributed by atoms with Crippen LogP contribution in [-0.4, -0.2) is 33.0 Å². The van der Waals surface area contributed by atoms with E-state index in [9.17, 15) is 4.79 Å². The van der Waals surface area contributed by atoms with Crippen molar-refractivity contribution >= 4 is 23.4 Å². The first-order valence-corrected chi connectivity index (χ1v) is 9.91. The summed E-state index contributed by atoms with van der Waals surface area (Å²) in [4.78, 5) is 14.2. The molecule has 0 aliphatic carbocycles. The van der Waals surface area contributed by atoms with Crippen molar-refractivity contribution in [3.63, 3.8) is 0 Å². The highest BCUT2D eigenvalue weighted by molar-refractivity contribution is 7.99. The molecule has 3 rings (SSSR count). The van der Waals surface area contributed by atoms with Crippen LogP contribution in [-0.2, 0) is 11.3 Å². The van der Waals surface area contributed by atoms with Gasteiger partial charge in [-0.2, -0.15) is 5.26 Å². The molecule has 0 bridgehead atoms. The van der Waals surface area contributed by atoms with Gasteiger partial charge in [0.25, 0.3) is 0 Å². The van der Waals surface area contributed by atoms with Crippen molar-refractivity contribution in [3.05, 3.63) is 48.7 Å². The number of carbonyl (C=O) groups is 1. The summed E-state index contributed by atoms with van der Waals surface area (Å²) < 4.78 is 7.44. The predicted molar refractivity (Wildman–Crippen MR) is 108 cm³/mol. The van der Waals surface area contributed by atoms with Gasteiger partial charge in [-0.15, -0.1) is 10.2 Å². The van der Waals surface area contributed by atoms with Gasteiger partial charge < -0.3 is 4.42 Å². The molecule has 0 spiro atoms. The molecule has 2 aromatic heterocycles. The molecule has 0 aliphatic heterocycles. The number of nitriles is 1. The highest BCUT2D eigenvalue weighted by Gasteiger charge is 2.20. The van der Waals surface area contributed by atoms with Gasteiger partial charge in [0.05, 0.1) is 18.1 Å². The second-order valence-corrected chi connectivity index (χ2v) is 7.49. The second-order valence-electron chi connectivity index (χ2n) is 6.55. The molecular weight excluding hydrogens is 374 g/mol. The number of furan rings is 1. The molecule has 0 N–H and O–H groups in total. The molecule has 144 valence electrons. The summed E-state index contributed by atoms with van der Waals surface area (Å²) in [7, 11) is 0. The van der Waals surface area contributed by atoms with Crippen LogP contribution in [0, 0.1) is 17.2 Å². The maximum Gasteiger partial charge on any atom is 0.238 e. The molecule has 0 fully saturated rings. The molecule has 1 aromatic carbocycles.